The van der Waals surface area contributed by atoms with Crippen molar-refractivity contribution in [3.05, 3.63) is 53.2 Å². The van der Waals surface area contributed by atoms with E-state index in [1.807, 2.05) is 31.2 Å². The summed E-state index contributed by atoms with van der Waals surface area (Å²) in [5, 5.41) is 3.46. The Hall–Kier alpha value is -1.87. The van der Waals surface area contributed by atoms with Gasteiger partial charge < -0.3 is 10.1 Å². The summed E-state index contributed by atoms with van der Waals surface area (Å²) in [6, 6.07) is 10.1. The highest BCUT2D eigenvalue weighted by Crippen LogP contribution is 2.24. The summed E-state index contributed by atoms with van der Waals surface area (Å²) in [4.78, 5) is 4.29. The first-order valence-corrected chi connectivity index (χ1v) is 7.28. The van der Waals surface area contributed by atoms with Crippen molar-refractivity contribution in [3.8, 4) is 11.6 Å². The SMILES string of the molecule is Cc1ccc(Oc2cc(CNC(C)(C)C)ccn2)c(C)c1. The highest BCUT2D eigenvalue weighted by Gasteiger charge is 2.09. The van der Waals surface area contributed by atoms with Crippen molar-refractivity contribution in [3.63, 3.8) is 0 Å². The third-order valence-electron chi connectivity index (χ3n) is 3.17. The van der Waals surface area contributed by atoms with E-state index in [-0.39, 0.29) is 5.54 Å². The van der Waals surface area contributed by atoms with Gasteiger partial charge in [0.1, 0.15) is 5.75 Å². The fourth-order valence-electron chi connectivity index (χ4n) is 2.01. The van der Waals surface area contributed by atoms with Crippen molar-refractivity contribution in [2.24, 2.45) is 0 Å². The van der Waals surface area contributed by atoms with Crippen LogP contribution in [0.2, 0.25) is 0 Å². The quantitative estimate of drug-likeness (QED) is 0.904. The summed E-state index contributed by atoms with van der Waals surface area (Å²) in [5.41, 5.74) is 3.61. The molecule has 0 radical (unpaired) electrons. The molecule has 0 bridgehead atoms. The molecule has 112 valence electrons. The first kappa shape index (κ1) is 15.5. The molecule has 1 N–H and O–H groups in total. The molecule has 2 rings (SSSR count). The normalized spacial score (nSPS) is 11.5. The van der Waals surface area contributed by atoms with Crippen LogP contribution in [0.5, 0.6) is 11.6 Å². The van der Waals surface area contributed by atoms with Crippen LogP contribution in [0.4, 0.5) is 0 Å². The van der Waals surface area contributed by atoms with E-state index in [0.717, 1.165) is 17.9 Å². The topological polar surface area (TPSA) is 34.1 Å². The number of pyridine rings is 1. The first-order chi connectivity index (χ1) is 9.83. The zero-order valence-corrected chi connectivity index (χ0v) is 13.5. The number of aromatic nitrogens is 1. The Bertz CT molecular complexity index is 615. The minimum absolute atomic E-state index is 0.0951. The van der Waals surface area contributed by atoms with Gasteiger partial charge in [0.25, 0.3) is 0 Å². The zero-order chi connectivity index (χ0) is 15.5. The Balaban J connectivity index is 2.10. The molecular weight excluding hydrogens is 260 g/mol. The molecule has 0 amide bonds. The molecule has 1 aromatic heterocycles. The Kier molecular flexibility index (Phi) is 4.63. The predicted octanol–water partition coefficient (Wildman–Crippen LogP) is 4.38. The lowest BCUT2D eigenvalue weighted by Crippen LogP contribution is -2.35. The van der Waals surface area contributed by atoms with Gasteiger partial charge in [-0.2, -0.15) is 0 Å². The van der Waals surface area contributed by atoms with Crippen molar-refractivity contribution >= 4 is 0 Å². The highest BCUT2D eigenvalue weighted by molar-refractivity contribution is 5.38. The molecule has 0 saturated carbocycles. The third-order valence-corrected chi connectivity index (χ3v) is 3.17. The number of hydrogen-bond donors (Lipinski definition) is 1. The maximum atomic E-state index is 5.90. The molecule has 3 nitrogen and oxygen atoms in total. The lowest BCUT2D eigenvalue weighted by molar-refractivity contribution is 0.421. The van der Waals surface area contributed by atoms with E-state index in [4.69, 9.17) is 4.74 Å². The number of nitrogens with one attached hydrogen (secondary N) is 1. The minimum atomic E-state index is 0.0951. The largest absolute Gasteiger partial charge is 0.439 e. The van der Waals surface area contributed by atoms with Crippen molar-refractivity contribution in [2.45, 2.75) is 46.7 Å². The first-order valence-electron chi connectivity index (χ1n) is 7.28. The molecule has 0 spiro atoms. The number of benzene rings is 1. The Labute approximate surface area is 127 Å². The number of hydrogen-bond acceptors (Lipinski definition) is 3. The Morgan fingerprint density at radius 3 is 2.52 bits per heavy atom. The van der Waals surface area contributed by atoms with Gasteiger partial charge in [-0.15, -0.1) is 0 Å². The molecule has 21 heavy (non-hydrogen) atoms. The summed E-state index contributed by atoms with van der Waals surface area (Å²) in [6.07, 6.45) is 1.79. The van der Waals surface area contributed by atoms with Gasteiger partial charge >= 0.3 is 0 Å². The van der Waals surface area contributed by atoms with E-state index in [0.29, 0.717) is 5.88 Å². The second kappa shape index (κ2) is 6.27. The van der Waals surface area contributed by atoms with E-state index >= 15 is 0 Å². The van der Waals surface area contributed by atoms with E-state index in [1.54, 1.807) is 6.20 Å². The van der Waals surface area contributed by atoms with E-state index in [9.17, 15) is 0 Å². The molecule has 1 heterocycles. The van der Waals surface area contributed by atoms with Crippen molar-refractivity contribution in [1.29, 1.82) is 0 Å². The lowest BCUT2D eigenvalue weighted by Gasteiger charge is -2.20. The summed E-state index contributed by atoms with van der Waals surface area (Å²) < 4.78 is 5.90. The lowest BCUT2D eigenvalue weighted by atomic mass is 10.1. The van der Waals surface area contributed by atoms with Crippen LogP contribution in [0, 0.1) is 13.8 Å². The Morgan fingerprint density at radius 1 is 1.10 bits per heavy atom. The number of ether oxygens (including phenoxy) is 1. The molecule has 0 aliphatic carbocycles. The van der Waals surface area contributed by atoms with E-state index in [1.165, 1.54) is 11.1 Å². The summed E-state index contributed by atoms with van der Waals surface area (Å²) >= 11 is 0. The maximum absolute atomic E-state index is 5.90. The van der Waals surface area contributed by atoms with Crippen molar-refractivity contribution in [2.75, 3.05) is 0 Å². The summed E-state index contributed by atoms with van der Waals surface area (Å²) in [5.74, 6) is 1.49. The van der Waals surface area contributed by atoms with Gasteiger partial charge in [-0.3, -0.25) is 0 Å². The van der Waals surface area contributed by atoms with Gasteiger partial charge in [-0.1, -0.05) is 17.7 Å². The second-order valence-corrected chi connectivity index (χ2v) is 6.48. The average Bonchev–Trinajstić information content (AvgIpc) is 2.39. The fraction of sp³-hybridized carbons (Fsp3) is 0.389. The van der Waals surface area contributed by atoms with Gasteiger partial charge in [0, 0.05) is 24.3 Å². The van der Waals surface area contributed by atoms with E-state index < -0.39 is 0 Å². The molecular formula is C18H24N2O. The molecule has 0 unspecified atom stereocenters. The number of aryl methyl sites for hydroxylation is 2. The molecule has 2 aromatic rings. The van der Waals surface area contributed by atoms with E-state index in [2.05, 4.69) is 44.1 Å². The van der Waals surface area contributed by atoms with Crippen molar-refractivity contribution < 1.29 is 4.74 Å². The monoisotopic (exact) mass is 284 g/mol. The zero-order valence-electron chi connectivity index (χ0n) is 13.5. The van der Waals surface area contributed by atoms with Crippen LogP contribution >= 0.6 is 0 Å². The predicted molar refractivity (Wildman–Crippen MR) is 86.8 cm³/mol. The molecule has 0 aliphatic rings. The molecule has 0 atom stereocenters. The minimum Gasteiger partial charge on any atom is -0.439 e. The molecule has 0 fully saturated rings. The summed E-state index contributed by atoms with van der Waals surface area (Å²) in [7, 11) is 0. The second-order valence-electron chi connectivity index (χ2n) is 6.48. The third kappa shape index (κ3) is 4.87. The van der Waals surface area contributed by atoms with Crippen LogP contribution in [0.25, 0.3) is 0 Å². The molecule has 0 saturated heterocycles. The number of nitrogens with zero attached hydrogens (tertiary/aromatic N) is 1. The molecule has 3 heteroatoms. The van der Waals surface area contributed by atoms with Crippen LogP contribution < -0.4 is 10.1 Å². The van der Waals surface area contributed by atoms with Gasteiger partial charge in [-0.05, 0) is 57.9 Å². The average molecular weight is 284 g/mol. The smallest absolute Gasteiger partial charge is 0.219 e. The maximum Gasteiger partial charge on any atom is 0.219 e. The number of rotatable bonds is 4. The molecule has 0 aliphatic heterocycles. The van der Waals surface area contributed by atoms with Gasteiger partial charge in [0.2, 0.25) is 5.88 Å². The van der Waals surface area contributed by atoms with Crippen molar-refractivity contribution in [1.82, 2.24) is 10.3 Å². The van der Waals surface area contributed by atoms with Gasteiger partial charge in [0.05, 0.1) is 0 Å². The van der Waals surface area contributed by atoms with Crippen LogP contribution in [0.15, 0.2) is 36.5 Å². The van der Waals surface area contributed by atoms with Gasteiger partial charge in [-0.25, -0.2) is 4.98 Å². The fourth-order valence-corrected chi connectivity index (χ4v) is 2.01. The van der Waals surface area contributed by atoms with Crippen LogP contribution in [-0.4, -0.2) is 10.5 Å². The van der Waals surface area contributed by atoms with Crippen LogP contribution in [-0.2, 0) is 6.54 Å². The van der Waals surface area contributed by atoms with Crippen LogP contribution in [0.3, 0.4) is 0 Å². The van der Waals surface area contributed by atoms with Gasteiger partial charge in [0.15, 0.2) is 0 Å². The standard InChI is InChI=1S/C18H24N2O/c1-13-6-7-16(14(2)10-13)21-17-11-15(8-9-19-17)12-20-18(3,4)5/h6-11,20H,12H2,1-5H3. The highest BCUT2D eigenvalue weighted by atomic mass is 16.5. The Morgan fingerprint density at radius 2 is 1.86 bits per heavy atom. The molecule has 1 aromatic carbocycles. The summed E-state index contributed by atoms with van der Waals surface area (Å²) in [6.45, 7) is 11.4. The van der Waals surface area contributed by atoms with Crippen LogP contribution in [0.1, 0.15) is 37.5 Å².